The van der Waals surface area contributed by atoms with Gasteiger partial charge in [0.05, 0.1) is 0 Å². The van der Waals surface area contributed by atoms with Gasteiger partial charge in [-0.05, 0) is 0 Å². The second kappa shape index (κ2) is 6.80. The third kappa shape index (κ3) is 3.97. The summed E-state index contributed by atoms with van der Waals surface area (Å²) in [6.07, 6.45) is 0. The summed E-state index contributed by atoms with van der Waals surface area (Å²) < 4.78 is 0. The van der Waals surface area contributed by atoms with Gasteiger partial charge in [0, 0.05) is 0 Å². The second-order valence-electron chi connectivity index (χ2n) is 1.15. The molecule has 0 saturated heterocycles. The summed E-state index contributed by atoms with van der Waals surface area (Å²) in [7, 11) is 0. The van der Waals surface area contributed by atoms with E-state index >= 15 is 0 Å². The predicted molar refractivity (Wildman–Crippen MR) is 40.9 cm³/mol. The lowest BCUT2D eigenvalue weighted by Crippen LogP contribution is -1.47. The Labute approximate surface area is 61.7 Å². The van der Waals surface area contributed by atoms with Gasteiger partial charge < -0.3 is 0 Å². The Bertz CT molecular complexity index is 78.5. The van der Waals surface area contributed by atoms with Gasteiger partial charge in [0.25, 0.3) is 0 Å². The van der Waals surface area contributed by atoms with Crippen molar-refractivity contribution in [2.24, 2.45) is 0 Å². The van der Waals surface area contributed by atoms with Gasteiger partial charge in [0.2, 0.25) is 0 Å². The molecule has 0 aliphatic carbocycles. The molecule has 0 radical (unpaired) electrons. The smallest absolute Gasteiger partial charge is 0.0623 e. The van der Waals surface area contributed by atoms with Gasteiger partial charge in [-0.1, -0.05) is 36.4 Å². The van der Waals surface area contributed by atoms with Gasteiger partial charge >= 0.3 is 0 Å². The van der Waals surface area contributed by atoms with Crippen molar-refractivity contribution in [1.29, 1.82) is 0 Å². The highest BCUT2D eigenvalue weighted by molar-refractivity contribution is 5.85. The topological polar surface area (TPSA) is 0 Å². The highest BCUT2D eigenvalue weighted by atomic mass is 35.5. The number of rotatable bonds is 0. The molecule has 8 heavy (non-hydrogen) atoms. The van der Waals surface area contributed by atoms with Crippen LogP contribution in [0, 0.1) is 0 Å². The van der Waals surface area contributed by atoms with E-state index in [1.54, 1.807) is 0 Å². The van der Waals surface area contributed by atoms with Gasteiger partial charge in [-0.2, -0.15) is 0 Å². The number of benzene rings is 1. The summed E-state index contributed by atoms with van der Waals surface area (Å²) in [5, 5.41) is 0. The van der Waals surface area contributed by atoms with Crippen molar-refractivity contribution in [2.45, 2.75) is 0 Å². The van der Waals surface area contributed by atoms with Crippen LogP contribution in [0.1, 0.15) is 0 Å². The van der Waals surface area contributed by atoms with Crippen LogP contribution in [0.25, 0.3) is 0 Å². The van der Waals surface area contributed by atoms with E-state index in [2.05, 4.69) is 0 Å². The van der Waals surface area contributed by atoms with Gasteiger partial charge in [0.15, 0.2) is 0 Å². The molecule has 46 valence electrons. The van der Waals surface area contributed by atoms with Crippen molar-refractivity contribution >= 4 is 24.8 Å². The van der Waals surface area contributed by atoms with Crippen LogP contribution in [0.5, 0.6) is 0 Å². The van der Waals surface area contributed by atoms with E-state index in [0.717, 1.165) is 0 Å². The molecule has 2 heteroatoms. The van der Waals surface area contributed by atoms with Crippen molar-refractivity contribution in [3.05, 3.63) is 36.4 Å². The third-order valence-corrected chi connectivity index (χ3v) is 0.667. The van der Waals surface area contributed by atoms with E-state index in [9.17, 15) is 0 Å². The van der Waals surface area contributed by atoms with Gasteiger partial charge in [-0.15, -0.1) is 24.8 Å². The Balaban J connectivity index is 0. The second-order valence-corrected chi connectivity index (χ2v) is 1.15. The summed E-state index contributed by atoms with van der Waals surface area (Å²) in [6, 6.07) is 12.0. The maximum Gasteiger partial charge on any atom is -0.0623 e. The monoisotopic (exact) mass is 150 g/mol. The zero-order chi connectivity index (χ0) is 4.24. The molecule has 0 nitrogen and oxygen atoms in total. The minimum absolute atomic E-state index is 0. The van der Waals surface area contributed by atoms with Crippen molar-refractivity contribution in [2.75, 3.05) is 0 Å². The first kappa shape index (κ1) is 10.7. The molecule has 0 aliphatic rings. The SMILES string of the molecule is Cl.Cl.c1ccccc1. The molecule has 0 saturated carbocycles. The number of hydrogen-bond donors (Lipinski definition) is 0. The molecule has 0 aliphatic heterocycles. The minimum Gasteiger partial charge on any atom is -0.147 e. The average molecular weight is 151 g/mol. The lowest BCUT2D eigenvalue weighted by molar-refractivity contribution is 1.72. The molecular formula is C6H8Cl2. The van der Waals surface area contributed by atoms with Crippen LogP contribution in [-0.4, -0.2) is 0 Å². The number of hydrogen-bond acceptors (Lipinski definition) is 0. The van der Waals surface area contributed by atoms with Crippen LogP contribution in [0.15, 0.2) is 36.4 Å². The van der Waals surface area contributed by atoms with Crippen molar-refractivity contribution in [3.8, 4) is 0 Å². The first-order valence-electron chi connectivity index (χ1n) is 2.00. The number of halogens is 2. The summed E-state index contributed by atoms with van der Waals surface area (Å²) in [6.45, 7) is 0. The molecule has 0 atom stereocenters. The van der Waals surface area contributed by atoms with Crippen LogP contribution in [0.3, 0.4) is 0 Å². The fraction of sp³-hybridized carbons (Fsp3) is 0. The minimum atomic E-state index is 0. The summed E-state index contributed by atoms with van der Waals surface area (Å²) >= 11 is 0. The highest BCUT2D eigenvalue weighted by Gasteiger charge is 1.57. The quantitative estimate of drug-likeness (QED) is 0.534. The molecular weight excluding hydrogens is 143 g/mol. The molecule has 0 bridgehead atoms. The van der Waals surface area contributed by atoms with E-state index in [1.807, 2.05) is 36.4 Å². The van der Waals surface area contributed by atoms with E-state index in [1.165, 1.54) is 0 Å². The Morgan fingerprint density at radius 3 is 0.625 bits per heavy atom. The Morgan fingerprint density at radius 1 is 0.375 bits per heavy atom. The van der Waals surface area contributed by atoms with Crippen LogP contribution in [-0.2, 0) is 0 Å². The van der Waals surface area contributed by atoms with Gasteiger partial charge in [-0.25, -0.2) is 0 Å². The maximum absolute atomic E-state index is 2.00. The Kier molecular flexibility index (Phi) is 9.11. The third-order valence-electron chi connectivity index (χ3n) is 0.667. The first-order valence-corrected chi connectivity index (χ1v) is 2.00. The molecule has 0 spiro atoms. The molecule has 0 unspecified atom stereocenters. The zero-order valence-electron chi connectivity index (χ0n) is 4.28. The van der Waals surface area contributed by atoms with Crippen LogP contribution in [0.2, 0.25) is 0 Å². The standard InChI is InChI=1S/C6H6.2ClH/c1-2-4-6-5-3-1;;/h1-6H;2*1H. The molecule has 0 fully saturated rings. The van der Waals surface area contributed by atoms with E-state index in [4.69, 9.17) is 0 Å². The highest BCUT2D eigenvalue weighted by Crippen LogP contribution is 1.79. The fourth-order valence-corrected chi connectivity index (χ4v) is 0.385. The normalized spacial score (nSPS) is 6.00. The van der Waals surface area contributed by atoms with Gasteiger partial charge in [0.1, 0.15) is 0 Å². The predicted octanol–water partition coefficient (Wildman–Crippen LogP) is 2.53. The summed E-state index contributed by atoms with van der Waals surface area (Å²) in [4.78, 5) is 0. The van der Waals surface area contributed by atoms with E-state index in [-0.39, 0.29) is 24.8 Å². The van der Waals surface area contributed by atoms with Gasteiger partial charge in [-0.3, -0.25) is 0 Å². The van der Waals surface area contributed by atoms with E-state index < -0.39 is 0 Å². The fourth-order valence-electron chi connectivity index (χ4n) is 0.385. The molecule has 0 N–H and O–H groups in total. The lowest BCUT2D eigenvalue weighted by Gasteiger charge is -1.69. The molecule has 1 rings (SSSR count). The Morgan fingerprint density at radius 2 is 0.500 bits per heavy atom. The largest absolute Gasteiger partial charge is 0.147 e. The van der Waals surface area contributed by atoms with Crippen molar-refractivity contribution < 1.29 is 0 Å². The van der Waals surface area contributed by atoms with Crippen LogP contribution >= 0.6 is 24.8 Å². The molecule has 1 aromatic rings. The lowest BCUT2D eigenvalue weighted by atomic mass is 10.4. The van der Waals surface area contributed by atoms with Crippen LogP contribution < -0.4 is 0 Å². The molecule has 0 aromatic heterocycles. The van der Waals surface area contributed by atoms with Crippen LogP contribution in [0.4, 0.5) is 0 Å². The average Bonchev–Trinajstić information content (AvgIpc) is 1.72. The maximum atomic E-state index is 2.00. The van der Waals surface area contributed by atoms with E-state index in [0.29, 0.717) is 0 Å². The van der Waals surface area contributed by atoms with Crippen molar-refractivity contribution in [1.82, 2.24) is 0 Å². The molecule has 0 amide bonds. The molecule has 0 heterocycles. The Hall–Kier alpha value is -0.200. The first-order chi connectivity index (χ1) is 3.00. The molecule has 1 aromatic carbocycles. The summed E-state index contributed by atoms with van der Waals surface area (Å²) in [5.74, 6) is 0. The zero-order valence-corrected chi connectivity index (χ0v) is 5.91. The summed E-state index contributed by atoms with van der Waals surface area (Å²) in [5.41, 5.74) is 0. The van der Waals surface area contributed by atoms with Crippen molar-refractivity contribution in [3.63, 3.8) is 0 Å².